The van der Waals surface area contributed by atoms with Crippen LogP contribution in [0.15, 0.2) is 18.2 Å². The molecule has 84 valence electrons. The molecule has 0 radical (unpaired) electrons. The first-order valence-electron chi connectivity index (χ1n) is 4.84. The highest BCUT2D eigenvalue weighted by Gasteiger charge is 2.34. The summed E-state index contributed by atoms with van der Waals surface area (Å²) in [7, 11) is 0. The number of aliphatic carboxylic acids is 1. The van der Waals surface area contributed by atoms with Crippen LogP contribution < -0.4 is 4.90 Å². The molecule has 0 aliphatic carbocycles. The van der Waals surface area contributed by atoms with E-state index < -0.39 is 12.0 Å². The molecule has 1 heterocycles. The Morgan fingerprint density at radius 1 is 1.56 bits per heavy atom. The zero-order valence-corrected chi connectivity index (χ0v) is 9.36. The van der Waals surface area contributed by atoms with Gasteiger partial charge in [0.2, 0.25) is 5.91 Å². The average molecular weight is 240 g/mol. The summed E-state index contributed by atoms with van der Waals surface area (Å²) in [5.41, 5.74) is 1.43. The van der Waals surface area contributed by atoms with E-state index in [2.05, 4.69) is 0 Å². The van der Waals surface area contributed by atoms with Crippen LogP contribution in [-0.2, 0) is 16.0 Å². The van der Waals surface area contributed by atoms with Crippen molar-refractivity contribution in [3.63, 3.8) is 0 Å². The number of carboxylic acids is 1. The molecule has 1 unspecified atom stereocenters. The molecule has 0 saturated carbocycles. The fraction of sp³-hybridized carbons (Fsp3) is 0.273. The molecule has 1 aliphatic rings. The molecule has 0 spiro atoms. The molecule has 1 N–H and O–H groups in total. The molecule has 2 rings (SSSR count). The number of carboxylic acid groups (broad SMARTS) is 1. The minimum atomic E-state index is -1.03. The molecule has 4 nitrogen and oxygen atoms in total. The van der Waals surface area contributed by atoms with Crippen molar-refractivity contribution >= 4 is 29.2 Å². The molecule has 1 aromatic rings. The lowest BCUT2D eigenvalue weighted by Crippen LogP contribution is -2.41. The number of hydrogen-bond acceptors (Lipinski definition) is 2. The number of carbonyl (C=O) groups excluding carboxylic acids is 1. The number of anilines is 1. The van der Waals surface area contributed by atoms with Crippen molar-refractivity contribution in [3.05, 3.63) is 28.8 Å². The third-order valence-electron chi connectivity index (χ3n) is 2.66. The monoisotopic (exact) mass is 239 g/mol. The van der Waals surface area contributed by atoms with Crippen LogP contribution in [0.1, 0.15) is 12.5 Å². The summed E-state index contributed by atoms with van der Waals surface area (Å²) in [5.74, 6) is -1.23. The normalized spacial score (nSPS) is 16.1. The van der Waals surface area contributed by atoms with Crippen LogP contribution in [0.5, 0.6) is 0 Å². The highest BCUT2D eigenvalue weighted by Crippen LogP contribution is 2.32. The summed E-state index contributed by atoms with van der Waals surface area (Å²) >= 11 is 5.84. The maximum absolute atomic E-state index is 11.7. The van der Waals surface area contributed by atoms with Gasteiger partial charge < -0.3 is 5.11 Å². The van der Waals surface area contributed by atoms with Gasteiger partial charge in [0.05, 0.1) is 6.42 Å². The Balaban J connectivity index is 2.46. The van der Waals surface area contributed by atoms with Gasteiger partial charge >= 0.3 is 5.97 Å². The molecule has 1 amide bonds. The number of hydrogen-bond donors (Lipinski definition) is 1. The van der Waals surface area contributed by atoms with Crippen molar-refractivity contribution in [2.24, 2.45) is 0 Å². The number of amides is 1. The van der Waals surface area contributed by atoms with E-state index in [-0.39, 0.29) is 12.3 Å². The lowest BCUT2D eigenvalue weighted by atomic mass is 10.1. The van der Waals surface area contributed by atoms with Crippen molar-refractivity contribution in [2.75, 3.05) is 4.90 Å². The smallest absolute Gasteiger partial charge is 0.326 e. The maximum atomic E-state index is 11.7. The summed E-state index contributed by atoms with van der Waals surface area (Å²) in [6, 6.07) is 4.21. The van der Waals surface area contributed by atoms with E-state index >= 15 is 0 Å². The minimum absolute atomic E-state index is 0.202. The molecule has 5 heteroatoms. The number of nitrogens with zero attached hydrogens (tertiary/aromatic N) is 1. The van der Waals surface area contributed by atoms with Crippen molar-refractivity contribution in [1.82, 2.24) is 0 Å². The Bertz CT molecular complexity index is 472. The van der Waals surface area contributed by atoms with Crippen LogP contribution in [0, 0.1) is 0 Å². The number of rotatable bonds is 2. The third-order valence-corrected chi connectivity index (χ3v) is 2.90. The zero-order valence-electron chi connectivity index (χ0n) is 8.61. The predicted molar refractivity (Wildman–Crippen MR) is 59.7 cm³/mol. The van der Waals surface area contributed by atoms with Gasteiger partial charge in [-0.2, -0.15) is 0 Å². The first-order chi connectivity index (χ1) is 7.50. The summed E-state index contributed by atoms with van der Waals surface area (Å²) < 4.78 is 0. The molecular formula is C11H10ClNO3. The first-order valence-corrected chi connectivity index (χ1v) is 5.22. The average Bonchev–Trinajstić information content (AvgIpc) is 2.52. The van der Waals surface area contributed by atoms with E-state index in [1.54, 1.807) is 18.2 Å². The van der Waals surface area contributed by atoms with Crippen molar-refractivity contribution in [3.8, 4) is 0 Å². The van der Waals surface area contributed by atoms with Gasteiger partial charge in [-0.05, 0) is 24.6 Å². The molecule has 1 atom stereocenters. The van der Waals surface area contributed by atoms with Crippen LogP contribution in [-0.4, -0.2) is 23.0 Å². The lowest BCUT2D eigenvalue weighted by Gasteiger charge is -2.21. The maximum Gasteiger partial charge on any atom is 0.326 e. The molecule has 0 fully saturated rings. The van der Waals surface area contributed by atoms with E-state index in [0.29, 0.717) is 10.7 Å². The van der Waals surface area contributed by atoms with E-state index in [0.717, 1.165) is 5.56 Å². The molecule has 1 aliphatic heterocycles. The summed E-state index contributed by atoms with van der Waals surface area (Å²) in [5, 5.41) is 9.42. The van der Waals surface area contributed by atoms with Gasteiger partial charge in [0.25, 0.3) is 0 Å². The molecule has 0 saturated heterocycles. The zero-order chi connectivity index (χ0) is 11.9. The van der Waals surface area contributed by atoms with E-state index in [4.69, 9.17) is 16.7 Å². The Hall–Kier alpha value is -1.55. The highest BCUT2D eigenvalue weighted by atomic mass is 35.5. The van der Waals surface area contributed by atoms with Crippen LogP contribution in [0.4, 0.5) is 5.69 Å². The Kier molecular flexibility index (Phi) is 2.59. The fourth-order valence-electron chi connectivity index (χ4n) is 1.83. The van der Waals surface area contributed by atoms with E-state index in [1.807, 2.05) is 0 Å². The van der Waals surface area contributed by atoms with Crippen LogP contribution in [0.3, 0.4) is 0 Å². The van der Waals surface area contributed by atoms with Gasteiger partial charge in [-0.25, -0.2) is 4.79 Å². The van der Waals surface area contributed by atoms with Crippen molar-refractivity contribution in [1.29, 1.82) is 0 Å². The van der Waals surface area contributed by atoms with Gasteiger partial charge in [0.15, 0.2) is 0 Å². The highest BCUT2D eigenvalue weighted by molar-refractivity contribution is 6.31. The summed E-state index contributed by atoms with van der Waals surface area (Å²) in [4.78, 5) is 23.9. The summed E-state index contributed by atoms with van der Waals surface area (Å²) in [6.07, 6.45) is 0.240. The third kappa shape index (κ3) is 1.65. The number of halogens is 1. The lowest BCUT2D eigenvalue weighted by molar-refractivity contribution is -0.139. The standard InChI is InChI=1S/C11H10ClNO3/c1-6(11(15)16)13-9-5-8(12)3-2-7(9)4-10(13)14/h2-3,5-6H,4H2,1H3,(H,15,16). The minimum Gasteiger partial charge on any atom is -0.480 e. The topological polar surface area (TPSA) is 57.6 Å². The van der Waals surface area contributed by atoms with Gasteiger partial charge in [-0.3, -0.25) is 9.69 Å². The second-order valence-electron chi connectivity index (χ2n) is 3.73. The van der Waals surface area contributed by atoms with Gasteiger partial charge in [0, 0.05) is 10.7 Å². The number of fused-ring (bicyclic) bond motifs is 1. The van der Waals surface area contributed by atoms with Crippen molar-refractivity contribution < 1.29 is 14.7 Å². The SMILES string of the molecule is CC(C(=O)O)N1C(=O)Cc2ccc(Cl)cc21. The Labute approximate surface area is 97.4 Å². The van der Waals surface area contributed by atoms with Gasteiger partial charge in [-0.15, -0.1) is 0 Å². The van der Waals surface area contributed by atoms with Crippen LogP contribution >= 0.6 is 11.6 Å². The quantitative estimate of drug-likeness (QED) is 0.855. The van der Waals surface area contributed by atoms with Crippen LogP contribution in [0.25, 0.3) is 0 Å². The fourth-order valence-corrected chi connectivity index (χ4v) is 1.99. The van der Waals surface area contributed by atoms with Crippen molar-refractivity contribution in [2.45, 2.75) is 19.4 Å². The second kappa shape index (κ2) is 3.79. The predicted octanol–water partition coefficient (Wildman–Crippen LogP) is 1.70. The summed E-state index contributed by atoms with van der Waals surface area (Å²) in [6.45, 7) is 1.48. The number of benzene rings is 1. The molecule has 16 heavy (non-hydrogen) atoms. The second-order valence-corrected chi connectivity index (χ2v) is 4.16. The molecule has 1 aromatic carbocycles. The Morgan fingerprint density at radius 2 is 2.25 bits per heavy atom. The molecule has 0 bridgehead atoms. The molecular weight excluding hydrogens is 230 g/mol. The van der Waals surface area contributed by atoms with Crippen LogP contribution in [0.2, 0.25) is 5.02 Å². The van der Waals surface area contributed by atoms with Gasteiger partial charge in [0.1, 0.15) is 6.04 Å². The first kappa shape index (κ1) is 11.0. The van der Waals surface area contributed by atoms with E-state index in [9.17, 15) is 9.59 Å². The molecule has 0 aromatic heterocycles. The van der Waals surface area contributed by atoms with E-state index in [1.165, 1.54) is 11.8 Å². The Morgan fingerprint density at radius 3 is 2.88 bits per heavy atom. The largest absolute Gasteiger partial charge is 0.480 e. The van der Waals surface area contributed by atoms with Gasteiger partial charge in [-0.1, -0.05) is 17.7 Å². The number of carbonyl (C=O) groups is 2.